The number of rotatable bonds is 6. The molecule has 1 unspecified atom stereocenters. The van der Waals surface area contributed by atoms with Gasteiger partial charge in [-0.15, -0.1) is 0 Å². The Bertz CT molecular complexity index is 1580. The van der Waals surface area contributed by atoms with Crippen molar-refractivity contribution in [3.8, 4) is 22.9 Å². The first-order valence-corrected chi connectivity index (χ1v) is 12.5. The van der Waals surface area contributed by atoms with Gasteiger partial charge in [0.2, 0.25) is 0 Å². The van der Waals surface area contributed by atoms with E-state index >= 15 is 0 Å². The van der Waals surface area contributed by atoms with Gasteiger partial charge >= 0.3 is 0 Å². The fourth-order valence-electron chi connectivity index (χ4n) is 4.02. The second kappa shape index (κ2) is 8.16. The van der Waals surface area contributed by atoms with E-state index in [-0.39, 0.29) is 10.6 Å². The van der Waals surface area contributed by atoms with Crippen molar-refractivity contribution in [2.45, 2.75) is 17.4 Å². The summed E-state index contributed by atoms with van der Waals surface area (Å²) in [5, 5.41) is 11.7. The maximum atomic E-state index is 12.5. The van der Waals surface area contributed by atoms with Gasteiger partial charge in [0.05, 0.1) is 11.9 Å². The molecule has 172 valence electrons. The molecule has 7 nitrogen and oxygen atoms in total. The lowest BCUT2D eigenvalue weighted by molar-refractivity contribution is 0.0979. The molecule has 0 spiro atoms. The van der Waals surface area contributed by atoms with E-state index in [1.165, 1.54) is 6.26 Å². The van der Waals surface area contributed by atoms with Crippen LogP contribution in [0.1, 0.15) is 18.2 Å². The summed E-state index contributed by atoms with van der Waals surface area (Å²) in [6, 6.07) is 21.7. The molecule has 8 heteroatoms. The molecule has 2 heterocycles. The number of sulfone groups is 1. The van der Waals surface area contributed by atoms with E-state index in [0.29, 0.717) is 22.7 Å². The minimum atomic E-state index is -3.54. The van der Waals surface area contributed by atoms with Crippen LogP contribution in [0.15, 0.2) is 90.1 Å². The Hall–Kier alpha value is -3.88. The van der Waals surface area contributed by atoms with Crippen molar-refractivity contribution in [3.63, 3.8) is 0 Å². The molecule has 1 atom stereocenters. The van der Waals surface area contributed by atoms with Crippen molar-refractivity contribution < 1.29 is 18.3 Å². The number of nitrogens with one attached hydrogen (secondary N) is 2. The highest BCUT2D eigenvalue weighted by atomic mass is 32.2. The molecule has 0 aliphatic heterocycles. The van der Waals surface area contributed by atoms with Gasteiger partial charge in [0.15, 0.2) is 9.84 Å². The maximum absolute atomic E-state index is 12.5. The van der Waals surface area contributed by atoms with Gasteiger partial charge < -0.3 is 19.8 Å². The van der Waals surface area contributed by atoms with Gasteiger partial charge in [0.25, 0.3) is 0 Å². The summed E-state index contributed by atoms with van der Waals surface area (Å²) in [7, 11) is -3.54. The van der Waals surface area contributed by atoms with Crippen molar-refractivity contribution in [1.82, 2.24) is 15.0 Å². The predicted molar refractivity (Wildman–Crippen MR) is 131 cm³/mol. The molecule has 5 rings (SSSR count). The minimum absolute atomic E-state index is 0.135. The van der Waals surface area contributed by atoms with Crippen molar-refractivity contribution in [2.75, 3.05) is 6.26 Å². The molecular weight excluding hydrogens is 450 g/mol. The van der Waals surface area contributed by atoms with Crippen LogP contribution in [0.3, 0.4) is 0 Å². The number of nitrogens with zero attached hydrogens (tertiary/aromatic N) is 1. The summed E-state index contributed by atoms with van der Waals surface area (Å²) in [5.41, 5.74) is 1.51. The van der Waals surface area contributed by atoms with Crippen LogP contribution in [-0.2, 0) is 15.4 Å². The highest BCUT2D eigenvalue weighted by molar-refractivity contribution is 7.91. The Morgan fingerprint density at radius 1 is 1.00 bits per heavy atom. The normalized spacial score (nSPS) is 13.6. The number of fused-ring (bicyclic) bond motifs is 1. The molecule has 2 aromatic heterocycles. The molecule has 3 N–H and O–H groups in total. The Morgan fingerprint density at radius 2 is 1.79 bits per heavy atom. The van der Waals surface area contributed by atoms with E-state index in [2.05, 4.69) is 15.0 Å². The van der Waals surface area contributed by atoms with Gasteiger partial charge in [-0.25, -0.2) is 13.4 Å². The van der Waals surface area contributed by atoms with Gasteiger partial charge in [0, 0.05) is 28.9 Å². The zero-order chi connectivity index (χ0) is 23.9. The summed E-state index contributed by atoms with van der Waals surface area (Å²) in [5.74, 6) is 1.27. The van der Waals surface area contributed by atoms with Gasteiger partial charge in [0.1, 0.15) is 27.8 Å². The van der Waals surface area contributed by atoms with Gasteiger partial charge in [-0.2, -0.15) is 0 Å². The van der Waals surface area contributed by atoms with Gasteiger partial charge in [-0.05, 0) is 42.8 Å². The zero-order valence-electron chi connectivity index (χ0n) is 18.6. The van der Waals surface area contributed by atoms with Crippen LogP contribution in [-0.4, -0.2) is 34.7 Å². The largest absolute Gasteiger partial charge is 0.456 e. The number of hydrogen-bond acceptors (Lipinski definition) is 5. The van der Waals surface area contributed by atoms with E-state index in [1.807, 2.05) is 36.4 Å². The quantitative estimate of drug-likeness (QED) is 0.321. The molecule has 0 saturated carbocycles. The predicted octanol–water partition coefficient (Wildman–Crippen LogP) is 5.01. The second-order valence-corrected chi connectivity index (χ2v) is 10.3. The fourth-order valence-corrected chi connectivity index (χ4v) is 5.07. The Labute approximate surface area is 197 Å². The third-order valence-electron chi connectivity index (χ3n) is 5.79. The van der Waals surface area contributed by atoms with Gasteiger partial charge in [-0.1, -0.05) is 42.5 Å². The molecule has 0 amide bonds. The van der Waals surface area contributed by atoms with Crippen LogP contribution in [0.2, 0.25) is 0 Å². The Morgan fingerprint density at radius 3 is 2.56 bits per heavy atom. The number of aromatic nitrogens is 3. The van der Waals surface area contributed by atoms with E-state index in [0.717, 1.165) is 16.6 Å². The molecule has 0 radical (unpaired) electrons. The van der Waals surface area contributed by atoms with Crippen LogP contribution in [0.4, 0.5) is 0 Å². The first-order valence-electron chi connectivity index (χ1n) is 10.7. The third-order valence-corrected chi connectivity index (χ3v) is 6.95. The van der Waals surface area contributed by atoms with Crippen LogP contribution < -0.4 is 4.74 Å². The van der Waals surface area contributed by atoms with E-state index in [9.17, 15) is 13.5 Å². The van der Waals surface area contributed by atoms with Crippen LogP contribution in [0.5, 0.6) is 11.5 Å². The maximum Gasteiger partial charge on any atom is 0.179 e. The molecule has 0 aliphatic carbocycles. The number of hydrogen-bond donors (Lipinski definition) is 3. The van der Waals surface area contributed by atoms with Crippen LogP contribution in [0.25, 0.3) is 22.3 Å². The van der Waals surface area contributed by atoms with E-state index < -0.39 is 15.4 Å². The lowest BCUT2D eigenvalue weighted by Gasteiger charge is -2.22. The lowest BCUT2D eigenvalue weighted by atomic mass is 9.93. The number of H-pyrrole nitrogens is 2. The minimum Gasteiger partial charge on any atom is -0.456 e. The molecule has 5 aromatic rings. The van der Waals surface area contributed by atoms with Crippen molar-refractivity contribution >= 4 is 20.7 Å². The summed E-state index contributed by atoms with van der Waals surface area (Å²) in [6.45, 7) is 1.71. The van der Waals surface area contributed by atoms with E-state index in [1.54, 1.807) is 55.7 Å². The fraction of sp³-hybridized carbons (Fsp3) is 0.115. The van der Waals surface area contributed by atoms with Crippen LogP contribution in [0, 0.1) is 0 Å². The summed E-state index contributed by atoms with van der Waals surface area (Å²) < 4.78 is 31.1. The number of aliphatic hydroxyl groups is 1. The monoisotopic (exact) mass is 473 g/mol. The standard InChI is InChI=1S/C26H23N3O4S/c1-26(30,18-8-4-3-5-9-18)23-16-28-25(29-23)17-7-6-10-19(15-17)33-22-12-11-21-20(13-14-27-21)24(22)34(2,31)32/h3-16,27,30H,1-2H3,(H,28,29). The first-order chi connectivity index (χ1) is 16.2. The topological polar surface area (TPSA) is 108 Å². The average molecular weight is 474 g/mol. The summed E-state index contributed by atoms with van der Waals surface area (Å²) in [6.07, 6.45) is 4.47. The van der Waals surface area contributed by atoms with Crippen LogP contribution >= 0.6 is 0 Å². The number of benzene rings is 3. The van der Waals surface area contributed by atoms with Crippen molar-refractivity contribution in [1.29, 1.82) is 0 Å². The van der Waals surface area contributed by atoms with Crippen molar-refractivity contribution in [2.24, 2.45) is 0 Å². The Kier molecular flexibility index (Phi) is 5.27. The second-order valence-electron chi connectivity index (χ2n) is 8.32. The highest BCUT2D eigenvalue weighted by Crippen LogP contribution is 2.36. The molecule has 0 aliphatic rings. The SMILES string of the molecule is CC(O)(c1ccccc1)c1cnc(-c2cccc(Oc3ccc4[nH]ccc4c3S(C)(=O)=O)c2)[nH]1. The van der Waals surface area contributed by atoms with E-state index in [4.69, 9.17) is 4.74 Å². The Balaban J connectivity index is 1.48. The third kappa shape index (κ3) is 3.98. The summed E-state index contributed by atoms with van der Waals surface area (Å²) >= 11 is 0. The van der Waals surface area contributed by atoms with Crippen molar-refractivity contribution in [3.05, 3.63) is 96.4 Å². The molecular formula is C26H23N3O4S. The molecule has 34 heavy (non-hydrogen) atoms. The smallest absolute Gasteiger partial charge is 0.179 e. The number of ether oxygens (including phenoxy) is 1. The zero-order valence-corrected chi connectivity index (χ0v) is 19.4. The average Bonchev–Trinajstić information content (AvgIpc) is 3.49. The molecule has 0 fully saturated rings. The van der Waals surface area contributed by atoms with Gasteiger partial charge in [-0.3, -0.25) is 0 Å². The molecule has 0 saturated heterocycles. The first kappa shape index (κ1) is 21.9. The number of imidazole rings is 1. The lowest BCUT2D eigenvalue weighted by Crippen LogP contribution is -2.23. The summed E-state index contributed by atoms with van der Waals surface area (Å²) in [4.78, 5) is 10.8. The molecule has 3 aromatic carbocycles. The molecule has 0 bridgehead atoms. The number of aromatic amines is 2. The highest BCUT2D eigenvalue weighted by Gasteiger charge is 2.28.